The standard InChI is InChI=1S/C15H18BrNO3/c16-13-8-4-3-7-12(13)14(18)17-9-10-5-1-2-6-11(10)15(19)20/h3-4,7-8,10-11H,1-2,5-6,9H2,(H,17,18)(H,19,20). The van der Waals surface area contributed by atoms with Gasteiger partial charge in [0, 0.05) is 11.0 Å². The summed E-state index contributed by atoms with van der Waals surface area (Å²) in [6.07, 6.45) is 3.59. The average Bonchev–Trinajstić information content (AvgIpc) is 2.45. The van der Waals surface area contributed by atoms with E-state index in [2.05, 4.69) is 21.2 Å². The minimum absolute atomic E-state index is 0.0349. The molecule has 0 aliphatic heterocycles. The molecule has 108 valence electrons. The van der Waals surface area contributed by atoms with Crippen LogP contribution in [0.4, 0.5) is 0 Å². The summed E-state index contributed by atoms with van der Waals surface area (Å²) in [6, 6.07) is 7.22. The van der Waals surface area contributed by atoms with E-state index in [1.54, 1.807) is 12.1 Å². The molecule has 20 heavy (non-hydrogen) atoms. The first-order valence-corrected chi connectivity index (χ1v) is 7.64. The molecule has 1 aliphatic rings. The van der Waals surface area contributed by atoms with Gasteiger partial charge in [0.1, 0.15) is 0 Å². The molecule has 1 fully saturated rings. The van der Waals surface area contributed by atoms with Crippen LogP contribution in [0.25, 0.3) is 0 Å². The fraction of sp³-hybridized carbons (Fsp3) is 0.467. The number of carboxylic acid groups (broad SMARTS) is 1. The Bertz CT molecular complexity index is 504. The van der Waals surface area contributed by atoms with E-state index in [1.807, 2.05) is 12.1 Å². The lowest BCUT2D eigenvalue weighted by Gasteiger charge is -2.28. The minimum atomic E-state index is -0.746. The largest absolute Gasteiger partial charge is 0.481 e. The van der Waals surface area contributed by atoms with Gasteiger partial charge in [-0.2, -0.15) is 0 Å². The predicted octanol–water partition coefficient (Wildman–Crippen LogP) is 3.07. The molecule has 0 bridgehead atoms. The highest BCUT2D eigenvalue weighted by molar-refractivity contribution is 9.10. The third-order valence-electron chi connectivity index (χ3n) is 3.87. The molecule has 1 aromatic rings. The predicted molar refractivity (Wildman–Crippen MR) is 79.6 cm³/mol. The van der Waals surface area contributed by atoms with Crippen molar-refractivity contribution in [2.75, 3.05) is 6.54 Å². The first-order chi connectivity index (χ1) is 9.59. The number of rotatable bonds is 4. The lowest BCUT2D eigenvalue weighted by molar-refractivity contribution is -0.144. The van der Waals surface area contributed by atoms with Crippen LogP contribution >= 0.6 is 15.9 Å². The summed E-state index contributed by atoms with van der Waals surface area (Å²) < 4.78 is 0.746. The van der Waals surface area contributed by atoms with Crippen LogP contribution in [0, 0.1) is 11.8 Å². The topological polar surface area (TPSA) is 66.4 Å². The Hall–Kier alpha value is -1.36. The molecule has 1 aromatic carbocycles. The Labute approximate surface area is 126 Å². The maximum atomic E-state index is 12.1. The van der Waals surface area contributed by atoms with E-state index in [4.69, 9.17) is 0 Å². The van der Waals surface area contributed by atoms with Crippen molar-refractivity contribution >= 4 is 27.8 Å². The Morgan fingerprint density at radius 2 is 1.95 bits per heavy atom. The summed E-state index contributed by atoms with van der Waals surface area (Å²) >= 11 is 3.34. The molecule has 5 heteroatoms. The highest BCUT2D eigenvalue weighted by atomic mass is 79.9. The number of hydrogen-bond donors (Lipinski definition) is 2. The Morgan fingerprint density at radius 1 is 1.25 bits per heavy atom. The van der Waals surface area contributed by atoms with Gasteiger partial charge in [0.05, 0.1) is 11.5 Å². The summed E-state index contributed by atoms with van der Waals surface area (Å²) in [6.45, 7) is 0.428. The molecule has 1 saturated carbocycles. The third-order valence-corrected chi connectivity index (χ3v) is 4.56. The molecule has 1 amide bonds. The summed E-state index contributed by atoms with van der Waals surface area (Å²) in [5.41, 5.74) is 0.579. The lowest BCUT2D eigenvalue weighted by atomic mass is 9.79. The van der Waals surface area contributed by atoms with Crippen LogP contribution in [-0.4, -0.2) is 23.5 Å². The van der Waals surface area contributed by atoms with Crippen molar-refractivity contribution in [3.05, 3.63) is 34.3 Å². The quantitative estimate of drug-likeness (QED) is 0.885. The van der Waals surface area contributed by atoms with Crippen LogP contribution in [-0.2, 0) is 4.79 Å². The van der Waals surface area contributed by atoms with Crippen molar-refractivity contribution in [2.45, 2.75) is 25.7 Å². The van der Waals surface area contributed by atoms with E-state index < -0.39 is 5.97 Å². The Morgan fingerprint density at radius 3 is 2.65 bits per heavy atom. The molecule has 0 aromatic heterocycles. The fourth-order valence-electron chi connectivity index (χ4n) is 2.74. The number of amides is 1. The van der Waals surface area contributed by atoms with Crippen molar-refractivity contribution < 1.29 is 14.7 Å². The van der Waals surface area contributed by atoms with Crippen LogP contribution in [0.3, 0.4) is 0 Å². The van der Waals surface area contributed by atoms with E-state index in [-0.39, 0.29) is 17.7 Å². The molecule has 4 nitrogen and oxygen atoms in total. The average molecular weight is 340 g/mol. The molecule has 1 aliphatic carbocycles. The van der Waals surface area contributed by atoms with Gasteiger partial charge in [-0.15, -0.1) is 0 Å². The van der Waals surface area contributed by atoms with Crippen molar-refractivity contribution in [2.24, 2.45) is 11.8 Å². The first kappa shape index (κ1) is 15.0. The van der Waals surface area contributed by atoms with Gasteiger partial charge in [-0.05, 0) is 46.8 Å². The summed E-state index contributed by atoms with van der Waals surface area (Å²) in [5, 5.41) is 12.1. The second-order valence-corrected chi connectivity index (χ2v) is 6.03. The zero-order valence-corrected chi connectivity index (χ0v) is 12.7. The number of carbonyl (C=O) groups is 2. The number of hydrogen-bond acceptors (Lipinski definition) is 2. The van der Waals surface area contributed by atoms with Crippen molar-refractivity contribution in [3.63, 3.8) is 0 Å². The molecule has 2 atom stereocenters. The number of nitrogens with one attached hydrogen (secondary N) is 1. The van der Waals surface area contributed by atoms with Gasteiger partial charge >= 0.3 is 5.97 Å². The summed E-state index contributed by atoms with van der Waals surface area (Å²) in [4.78, 5) is 23.3. The zero-order chi connectivity index (χ0) is 14.5. The van der Waals surface area contributed by atoms with E-state index in [0.717, 1.165) is 23.7 Å². The van der Waals surface area contributed by atoms with Crippen molar-refractivity contribution in [1.82, 2.24) is 5.32 Å². The van der Waals surface area contributed by atoms with Crippen molar-refractivity contribution in [1.29, 1.82) is 0 Å². The molecular formula is C15H18BrNO3. The van der Waals surface area contributed by atoms with Gasteiger partial charge in [0.2, 0.25) is 0 Å². The number of aliphatic carboxylic acids is 1. The van der Waals surface area contributed by atoms with Crippen LogP contribution < -0.4 is 5.32 Å². The monoisotopic (exact) mass is 339 g/mol. The van der Waals surface area contributed by atoms with Crippen molar-refractivity contribution in [3.8, 4) is 0 Å². The van der Waals surface area contributed by atoms with Gasteiger partial charge in [-0.25, -0.2) is 0 Å². The first-order valence-electron chi connectivity index (χ1n) is 6.85. The summed E-state index contributed by atoms with van der Waals surface area (Å²) in [7, 11) is 0. The number of benzene rings is 1. The van der Waals surface area contributed by atoms with E-state index in [1.165, 1.54) is 0 Å². The fourth-order valence-corrected chi connectivity index (χ4v) is 3.21. The normalized spacial score (nSPS) is 22.2. The minimum Gasteiger partial charge on any atom is -0.481 e. The highest BCUT2D eigenvalue weighted by Crippen LogP contribution is 2.29. The SMILES string of the molecule is O=C(NCC1CCCCC1C(=O)O)c1ccccc1Br. The second-order valence-electron chi connectivity index (χ2n) is 5.18. The molecule has 0 spiro atoms. The van der Waals surface area contributed by atoms with E-state index in [9.17, 15) is 14.7 Å². The maximum absolute atomic E-state index is 12.1. The van der Waals surface area contributed by atoms with Gasteiger partial charge in [0.15, 0.2) is 0 Å². The smallest absolute Gasteiger partial charge is 0.306 e. The molecule has 0 heterocycles. The molecule has 2 rings (SSSR count). The van der Waals surface area contributed by atoms with Gasteiger partial charge in [0.25, 0.3) is 5.91 Å². The van der Waals surface area contributed by atoms with E-state index >= 15 is 0 Å². The lowest BCUT2D eigenvalue weighted by Crippen LogP contribution is -2.37. The zero-order valence-electron chi connectivity index (χ0n) is 11.1. The molecule has 2 N–H and O–H groups in total. The molecule has 0 saturated heterocycles. The number of halogens is 1. The van der Waals surface area contributed by atoms with Gasteiger partial charge in [-0.1, -0.05) is 25.0 Å². The van der Waals surface area contributed by atoms with Gasteiger partial charge in [-0.3, -0.25) is 9.59 Å². The number of carboxylic acids is 1. The van der Waals surface area contributed by atoms with Crippen LogP contribution in [0.5, 0.6) is 0 Å². The molecule has 2 unspecified atom stereocenters. The third kappa shape index (κ3) is 3.60. The number of carbonyl (C=O) groups excluding carboxylic acids is 1. The van der Waals surface area contributed by atoms with Crippen LogP contribution in [0.1, 0.15) is 36.0 Å². The Kier molecular flexibility index (Phi) is 5.17. The molecular weight excluding hydrogens is 322 g/mol. The van der Waals surface area contributed by atoms with Crippen LogP contribution in [0.15, 0.2) is 28.7 Å². The van der Waals surface area contributed by atoms with Crippen LogP contribution in [0.2, 0.25) is 0 Å². The maximum Gasteiger partial charge on any atom is 0.306 e. The van der Waals surface area contributed by atoms with E-state index in [0.29, 0.717) is 18.5 Å². The Balaban J connectivity index is 1.95. The summed E-state index contributed by atoms with van der Waals surface area (Å²) in [5.74, 6) is -1.20. The molecule has 0 radical (unpaired) electrons. The second kappa shape index (κ2) is 6.88. The highest BCUT2D eigenvalue weighted by Gasteiger charge is 2.30. The van der Waals surface area contributed by atoms with Gasteiger partial charge < -0.3 is 10.4 Å².